The van der Waals surface area contributed by atoms with Crippen LogP contribution in [0.15, 0.2) is 24.3 Å². The van der Waals surface area contributed by atoms with Gasteiger partial charge in [0, 0.05) is 6.61 Å². The largest absolute Gasteiger partial charge is 0.376 e. The highest BCUT2D eigenvalue weighted by Crippen LogP contribution is 2.40. The lowest BCUT2D eigenvalue weighted by atomic mass is 9.74. The van der Waals surface area contributed by atoms with E-state index in [1.54, 1.807) is 0 Å². The summed E-state index contributed by atoms with van der Waals surface area (Å²) in [6.07, 6.45) is 4.68. The van der Waals surface area contributed by atoms with E-state index < -0.39 is 0 Å². The summed E-state index contributed by atoms with van der Waals surface area (Å²) in [5, 5.41) is 8.92. The van der Waals surface area contributed by atoms with E-state index >= 15 is 0 Å². The predicted molar refractivity (Wildman–Crippen MR) is 81.6 cm³/mol. The lowest BCUT2D eigenvalue weighted by Crippen LogP contribution is -2.36. The van der Waals surface area contributed by atoms with Gasteiger partial charge in [0.15, 0.2) is 0 Å². The Morgan fingerprint density at radius 1 is 1.35 bits per heavy atom. The SMILES string of the molecule is CCC[C@H](c1ccc(C#N)cc1)[C@@H]1CCOC(C)(C)C1. The van der Waals surface area contributed by atoms with Crippen molar-refractivity contribution in [3.63, 3.8) is 0 Å². The zero-order chi connectivity index (χ0) is 14.6. The molecule has 0 N–H and O–H groups in total. The summed E-state index contributed by atoms with van der Waals surface area (Å²) in [4.78, 5) is 0. The van der Waals surface area contributed by atoms with Crippen molar-refractivity contribution in [2.45, 2.75) is 58.0 Å². The van der Waals surface area contributed by atoms with E-state index in [-0.39, 0.29) is 5.60 Å². The minimum Gasteiger partial charge on any atom is -0.376 e. The Bertz CT molecular complexity index is 469. The molecule has 108 valence electrons. The van der Waals surface area contributed by atoms with Crippen molar-refractivity contribution in [2.24, 2.45) is 5.92 Å². The Morgan fingerprint density at radius 2 is 2.05 bits per heavy atom. The van der Waals surface area contributed by atoms with E-state index in [9.17, 15) is 0 Å². The van der Waals surface area contributed by atoms with Crippen LogP contribution < -0.4 is 0 Å². The van der Waals surface area contributed by atoms with Crippen molar-refractivity contribution in [3.05, 3.63) is 35.4 Å². The second-order valence-electron chi connectivity index (χ2n) is 6.49. The molecule has 0 aromatic heterocycles. The predicted octanol–water partition coefficient (Wildman–Crippen LogP) is 4.65. The Kier molecular flexibility index (Phi) is 4.83. The number of nitriles is 1. The summed E-state index contributed by atoms with van der Waals surface area (Å²) in [7, 11) is 0. The van der Waals surface area contributed by atoms with E-state index in [1.165, 1.54) is 18.4 Å². The van der Waals surface area contributed by atoms with Gasteiger partial charge in [-0.25, -0.2) is 0 Å². The second kappa shape index (κ2) is 6.41. The highest BCUT2D eigenvalue weighted by atomic mass is 16.5. The fourth-order valence-corrected chi connectivity index (χ4v) is 3.41. The van der Waals surface area contributed by atoms with Gasteiger partial charge in [-0.05, 0) is 62.6 Å². The molecule has 0 spiro atoms. The molecule has 0 saturated carbocycles. The van der Waals surface area contributed by atoms with Gasteiger partial charge >= 0.3 is 0 Å². The molecule has 1 saturated heterocycles. The van der Waals surface area contributed by atoms with Gasteiger partial charge in [0.2, 0.25) is 0 Å². The van der Waals surface area contributed by atoms with Crippen LogP contribution in [0.1, 0.15) is 63.5 Å². The van der Waals surface area contributed by atoms with Crippen molar-refractivity contribution in [3.8, 4) is 6.07 Å². The fourth-order valence-electron chi connectivity index (χ4n) is 3.41. The first kappa shape index (κ1) is 15.1. The molecule has 20 heavy (non-hydrogen) atoms. The van der Waals surface area contributed by atoms with Gasteiger partial charge in [0.05, 0.1) is 17.2 Å². The van der Waals surface area contributed by atoms with Gasteiger partial charge < -0.3 is 4.74 Å². The maximum atomic E-state index is 8.92. The van der Waals surface area contributed by atoms with E-state index in [2.05, 4.69) is 39.0 Å². The van der Waals surface area contributed by atoms with Crippen LogP contribution in [0, 0.1) is 17.2 Å². The number of benzene rings is 1. The molecule has 0 unspecified atom stereocenters. The topological polar surface area (TPSA) is 33.0 Å². The van der Waals surface area contributed by atoms with Gasteiger partial charge in [0.1, 0.15) is 0 Å². The van der Waals surface area contributed by atoms with Crippen molar-refractivity contribution in [2.75, 3.05) is 6.61 Å². The number of rotatable bonds is 4. The quantitative estimate of drug-likeness (QED) is 0.798. The lowest BCUT2D eigenvalue weighted by molar-refractivity contribution is -0.0772. The molecule has 1 aromatic carbocycles. The van der Waals surface area contributed by atoms with Gasteiger partial charge in [-0.2, -0.15) is 5.26 Å². The molecule has 2 atom stereocenters. The standard InChI is InChI=1S/C18H25NO/c1-4-5-17(15-8-6-14(13-19)7-9-15)16-10-11-20-18(2,3)12-16/h6-9,16-17H,4-5,10-12H2,1-3H3/t16-,17-/m1/s1. The van der Waals surface area contributed by atoms with Gasteiger partial charge in [-0.1, -0.05) is 25.5 Å². The smallest absolute Gasteiger partial charge is 0.0991 e. The number of hydrogen-bond acceptors (Lipinski definition) is 2. The first-order valence-corrected chi connectivity index (χ1v) is 7.70. The molecule has 2 heteroatoms. The maximum Gasteiger partial charge on any atom is 0.0991 e. The van der Waals surface area contributed by atoms with Crippen LogP contribution in [0.3, 0.4) is 0 Å². The van der Waals surface area contributed by atoms with Crippen LogP contribution in [0.25, 0.3) is 0 Å². The van der Waals surface area contributed by atoms with Gasteiger partial charge in [0.25, 0.3) is 0 Å². The molecular formula is C18H25NO. The Hall–Kier alpha value is -1.33. The van der Waals surface area contributed by atoms with Crippen LogP contribution in [0.4, 0.5) is 0 Å². The van der Waals surface area contributed by atoms with Crippen LogP contribution in [-0.2, 0) is 4.74 Å². The highest BCUT2D eigenvalue weighted by molar-refractivity contribution is 5.33. The van der Waals surface area contributed by atoms with Gasteiger partial charge in [-0.3, -0.25) is 0 Å². The summed E-state index contributed by atoms with van der Waals surface area (Å²) in [6, 6.07) is 10.4. The first-order valence-electron chi connectivity index (χ1n) is 7.70. The summed E-state index contributed by atoms with van der Waals surface area (Å²) in [5.74, 6) is 1.28. The average Bonchev–Trinajstić information content (AvgIpc) is 2.44. The molecule has 1 aromatic rings. The van der Waals surface area contributed by atoms with Crippen LogP contribution >= 0.6 is 0 Å². The van der Waals surface area contributed by atoms with Crippen molar-refractivity contribution in [1.29, 1.82) is 5.26 Å². The van der Waals surface area contributed by atoms with Crippen molar-refractivity contribution >= 4 is 0 Å². The van der Waals surface area contributed by atoms with Crippen LogP contribution in [0.5, 0.6) is 0 Å². The summed E-state index contributed by atoms with van der Waals surface area (Å²) in [6.45, 7) is 7.51. The minimum absolute atomic E-state index is 0.00149. The van der Waals surface area contributed by atoms with E-state index in [0.29, 0.717) is 11.8 Å². The Labute approximate surface area is 122 Å². The van der Waals surface area contributed by atoms with Crippen LogP contribution in [0.2, 0.25) is 0 Å². The molecule has 0 aliphatic carbocycles. The first-order chi connectivity index (χ1) is 9.55. The molecule has 2 nitrogen and oxygen atoms in total. The molecule has 0 bridgehead atoms. The average molecular weight is 271 g/mol. The molecule has 2 rings (SSSR count). The third-order valence-corrected chi connectivity index (χ3v) is 4.37. The maximum absolute atomic E-state index is 8.92. The number of nitrogens with zero attached hydrogens (tertiary/aromatic N) is 1. The molecule has 1 aliphatic rings. The fraction of sp³-hybridized carbons (Fsp3) is 0.611. The van der Waals surface area contributed by atoms with E-state index in [0.717, 1.165) is 25.0 Å². The zero-order valence-electron chi connectivity index (χ0n) is 12.9. The zero-order valence-corrected chi connectivity index (χ0v) is 12.9. The van der Waals surface area contributed by atoms with Crippen molar-refractivity contribution in [1.82, 2.24) is 0 Å². The summed E-state index contributed by atoms with van der Waals surface area (Å²) in [5.41, 5.74) is 2.13. The van der Waals surface area contributed by atoms with Crippen LogP contribution in [-0.4, -0.2) is 12.2 Å². The lowest BCUT2D eigenvalue weighted by Gasteiger charge is -2.39. The number of hydrogen-bond donors (Lipinski definition) is 0. The van der Waals surface area contributed by atoms with Crippen molar-refractivity contribution < 1.29 is 4.74 Å². The molecule has 1 fully saturated rings. The minimum atomic E-state index is 0.00149. The highest BCUT2D eigenvalue weighted by Gasteiger charge is 2.33. The molecule has 0 radical (unpaired) electrons. The van der Waals surface area contributed by atoms with E-state index in [4.69, 9.17) is 10.00 Å². The number of ether oxygens (including phenoxy) is 1. The molecular weight excluding hydrogens is 246 g/mol. The summed E-state index contributed by atoms with van der Waals surface area (Å²) < 4.78 is 5.85. The Balaban J connectivity index is 2.19. The monoisotopic (exact) mass is 271 g/mol. The molecule has 1 aliphatic heterocycles. The third-order valence-electron chi connectivity index (χ3n) is 4.37. The summed E-state index contributed by atoms with van der Waals surface area (Å²) >= 11 is 0. The third kappa shape index (κ3) is 3.61. The second-order valence-corrected chi connectivity index (χ2v) is 6.49. The normalized spacial score (nSPS) is 23.0. The van der Waals surface area contributed by atoms with E-state index in [1.807, 2.05) is 12.1 Å². The Morgan fingerprint density at radius 3 is 2.60 bits per heavy atom. The van der Waals surface area contributed by atoms with Gasteiger partial charge in [-0.15, -0.1) is 0 Å². The molecule has 0 amide bonds. The molecule has 1 heterocycles.